The van der Waals surface area contributed by atoms with Crippen LogP contribution < -0.4 is 0 Å². The molecule has 20 heavy (non-hydrogen) atoms. The third-order valence-corrected chi connectivity index (χ3v) is 5.09. The SMILES string of the molecule is CC(C)CCCC(C)CC1=C(O)[C@H]2CCCC[C@H]2C1=O. The summed E-state index contributed by atoms with van der Waals surface area (Å²) < 4.78 is 0. The molecule has 0 aromatic carbocycles. The highest BCUT2D eigenvalue weighted by molar-refractivity contribution is 6.00. The molecule has 2 rings (SSSR count). The fraction of sp³-hybridized carbons (Fsp3) is 0.833. The van der Waals surface area contributed by atoms with Crippen LogP contribution in [-0.4, -0.2) is 10.9 Å². The van der Waals surface area contributed by atoms with Crippen LogP contribution >= 0.6 is 0 Å². The average Bonchev–Trinajstić information content (AvgIpc) is 2.64. The summed E-state index contributed by atoms with van der Waals surface area (Å²) in [5, 5.41) is 10.4. The number of ketones is 1. The molecule has 0 radical (unpaired) electrons. The number of fused-ring (bicyclic) bond motifs is 1. The monoisotopic (exact) mass is 278 g/mol. The van der Waals surface area contributed by atoms with Crippen LogP contribution in [0, 0.1) is 23.7 Å². The number of carbonyl (C=O) groups is 1. The summed E-state index contributed by atoms with van der Waals surface area (Å²) in [6.45, 7) is 6.73. The van der Waals surface area contributed by atoms with Crippen LogP contribution in [0.2, 0.25) is 0 Å². The zero-order chi connectivity index (χ0) is 14.7. The van der Waals surface area contributed by atoms with Crippen molar-refractivity contribution in [3.63, 3.8) is 0 Å². The first-order chi connectivity index (χ1) is 9.50. The highest BCUT2D eigenvalue weighted by Crippen LogP contribution is 2.44. The Bertz CT molecular complexity index is 381. The molecule has 0 spiro atoms. The van der Waals surface area contributed by atoms with Gasteiger partial charge in [0.2, 0.25) is 0 Å². The van der Waals surface area contributed by atoms with Gasteiger partial charge in [0, 0.05) is 17.4 Å². The van der Waals surface area contributed by atoms with E-state index in [9.17, 15) is 9.90 Å². The molecule has 2 nitrogen and oxygen atoms in total. The summed E-state index contributed by atoms with van der Waals surface area (Å²) >= 11 is 0. The van der Waals surface area contributed by atoms with Crippen molar-refractivity contribution in [3.05, 3.63) is 11.3 Å². The Morgan fingerprint density at radius 2 is 1.75 bits per heavy atom. The van der Waals surface area contributed by atoms with Crippen LogP contribution in [0.3, 0.4) is 0 Å². The number of aliphatic hydroxyl groups excluding tert-OH is 1. The smallest absolute Gasteiger partial charge is 0.166 e. The maximum Gasteiger partial charge on any atom is 0.166 e. The quantitative estimate of drug-likeness (QED) is 0.739. The molecule has 0 amide bonds. The second-order valence-corrected chi connectivity index (χ2v) is 7.36. The van der Waals surface area contributed by atoms with Crippen molar-refractivity contribution in [1.82, 2.24) is 0 Å². The van der Waals surface area contributed by atoms with Gasteiger partial charge in [-0.05, 0) is 31.1 Å². The van der Waals surface area contributed by atoms with E-state index in [1.165, 1.54) is 12.8 Å². The van der Waals surface area contributed by atoms with Gasteiger partial charge in [-0.1, -0.05) is 52.9 Å². The van der Waals surface area contributed by atoms with E-state index >= 15 is 0 Å². The Morgan fingerprint density at radius 1 is 1.10 bits per heavy atom. The van der Waals surface area contributed by atoms with E-state index in [-0.39, 0.29) is 17.6 Å². The lowest BCUT2D eigenvalue weighted by Crippen LogP contribution is -2.22. The summed E-state index contributed by atoms with van der Waals surface area (Å²) in [6, 6.07) is 0. The molecular weight excluding hydrogens is 248 g/mol. The molecule has 0 aliphatic heterocycles. The van der Waals surface area contributed by atoms with Crippen LogP contribution in [0.5, 0.6) is 0 Å². The first-order valence-corrected chi connectivity index (χ1v) is 8.47. The zero-order valence-corrected chi connectivity index (χ0v) is 13.3. The van der Waals surface area contributed by atoms with E-state index < -0.39 is 0 Å². The van der Waals surface area contributed by atoms with E-state index in [0.29, 0.717) is 11.7 Å². The molecule has 2 heteroatoms. The van der Waals surface area contributed by atoms with E-state index in [0.717, 1.165) is 50.0 Å². The third kappa shape index (κ3) is 3.45. The Labute approximate surface area is 123 Å². The Morgan fingerprint density at radius 3 is 2.35 bits per heavy atom. The van der Waals surface area contributed by atoms with E-state index in [4.69, 9.17) is 0 Å². The summed E-state index contributed by atoms with van der Waals surface area (Å²) in [4.78, 5) is 12.4. The summed E-state index contributed by atoms with van der Waals surface area (Å²) in [5.74, 6) is 2.26. The fourth-order valence-corrected chi connectivity index (χ4v) is 3.88. The van der Waals surface area contributed by atoms with Gasteiger partial charge in [-0.2, -0.15) is 0 Å². The Kier molecular flexibility index (Phi) is 5.29. The molecule has 3 atom stereocenters. The highest BCUT2D eigenvalue weighted by atomic mass is 16.3. The van der Waals surface area contributed by atoms with Crippen molar-refractivity contribution >= 4 is 5.78 Å². The minimum absolute atomic E-state index is 0.113. The standard InChI is InChI=1S/C18H30O2/c1-12(2)7-6-8-13(3)11-16-17(19)14-9-4-5-10-15(14)18(16)20/h12-15,19H,4-11H2,1-3H3/t13?,14-,15+/m0/s1. The van der Waals surface area contributed by atoms with Gasteiger partial charge < -0.3 is 5.11 Å². The van der Waals surface area contributed by atoms with Crippen molar-refractivity contribution in [2.75, 3.05) is 0 Å². The molecule has 1 unspecified atom stereocenters. The largest absolute Gasteiger partial charge is 0.512 e. The zero-order valence-electron chi connectivity index (χ0n) is 13.3. The van der Waals surface area contributed by atoms with Crippen molar-refractivity contribution in [2.45, 2.75) is 72.1 Å². The molecule has 0 saturated heterocycles. The van der Waals surface area contributed by atoms with Crippen LogP contribution in [-0.2, 0) is 4.79 Å². The van der Waals surface area contributed by atoms with Gasteiger partial charge in [-0.15, -0.1) is 0 Å². The molecule has 0 heterocycles. The number of aliphatic hydroxyl groups is 1. The van der Waals surface area contributed by atoms with Gasteiger partial charge in [0.15, 0.2) is 5.78 Å². The van der Waals surface area contributed by atoms with Crippen molar-refractivity contribution in [3.8, 4) is 0 Å². The third-order valence-electron chi connectivity index (χ3n) is 5.09. The van der Waals surface area contributed by atoms with E-state index in [1.54, 1.807) is 0 Å². The second kappa shape index (κ2) is 6.78. The first-order valence-electron chi connectivity index (χ1n) is 8.47. The molecule has 0 aromatic heterocycles. The number of rotatable bonds is 6. The maximum absolute atomic E-state index is 12.4. The molecule has 0 aromatic rings. The number of carbonyl (C=O) groups excluding carboxylic acids is 1. The number of allylic oxidation sites excluding steroid dienone is 2. The minimum atomic E-state index is 0.113. The normalized spacial score (nSPS) is 28.1. The fourth-order valence-electron chi connectivity index (χ4n) is 3.88. The van der Waals surface area contributed by atoms with Gasteiger partial charge >= 0.3 is 0 Å². The topological polar surface area (TPSA) is 37.3 Å². The van der Waals surface area contributed by atoms with Crippen molar-refractivity contribution in [1.29, 1.82) is 0 Å². The van der Waals surface area contributed by atoms with Crippen molar-refractivity contribution in [2.24, 2.45) is 23.7 Å². The average molecular weight is 278 g/mol. The van der Waals surface area contributed by atoms with Gasteiger partial charge in [-0.3, -0.25) is 4.79 Å². The lowest BCUT2D eigenvalue weighted by atomic mass is 9.80. The van der Waals surface area contributed by atoms with Crippen LogP contribution in [0.1, 0.15) is 72.1 Å². The molecule has 1 N–H and O–H groups in total. The van der Waals surface area contributed by atoms with E-state index in [2.05, 4.69) is 20.8 Å². The van der Waals surface area contributed by atoms with Crippen LogP contribution in [0.15, 0.2) is 11.3 Å². The molecule has 1 saturated carbocycles. The lowest BCUT2D eigenvalue weighted by Gasteiger charge is -2.23. The molecule has 0 bridgehead atoms. The predicted molar refractivity (Wildman–Crippen MR) is 82.6 cm³/mol. The van der Waals surface area contributed by atoms with Gasteiger partial charge in [-0.25, -0.2) is 0 Å². The molecule has 1 fully saturated rings. The first kappa shape index (κ1) is 15.6. The minimum Gasteiger partial charge on any atom is -0.512 e. The Balaban J connectivity index is 1.91. The molecule has 2 aliphatic rings. The van der Waals surface area contributed by atoms with Gasteiger partial charge in [0.05, 0.1) is 0 Å². The molecular formula is C18H30O2. The summed E-state index contributed by atoms with van der Waals surface area (Å²) in [5.41, 5.74) is 0.777. The highest BCUT2D eigenvalue weighted by Gasteiger charge is 2.42. The second-order valence-electron chi connectivity index (χ2n) is 7.36. The lowest BCUT2D eigenvalue weighted by molar-refractivity contribution is -0.120. The number of hydrogen-bond donors (Lipinski definition) is 1. The number of Topliss-reactive ketones (excluding diaryl/α,β-unsaturated/α-hetero) is 1. The summed E-state index contributed by atoms with van der Waals surface area (Å²) in [6.07, 6.45) is 8.75. The Hall–Kier alpha value is -0.790. The van der Waals surface area contributed by atoms with Crippen molar-refractivity contribution < 1.29 is 9.90 Å². The number of hydrogen-bond acceptors (Lipinski definition) is 2. The van der Waals surface area contributed by atoms with Gasteiger partial charge in [0.1, 0.15) is 5.76 Å². The predicted octanol–water partition coefficient (Wildman–Crippen LogP) is 5.04. The molecule has 114 valence electrons. The van der Waals surface area contributed by atoms with E-state index in [1.807, 2.05) is 0 Å². The summed E-state index contributed by atoms with van der Waals surface area (Å²) in [7, 11) is 0. The van der Waals surface area contributed by atoms with Crippen LogP contribution in [0.25, 0.3) is 0 Å². The maximum atomic E-state index is 12.4. The molecule has 2 aliphatic carbocycles. The van der Waals surface area contributed by atoms with Gasteiger partial charge in [0.25, 0.3) is 0 Å². The van der Waals surface area contributed by atoms with Crippen LogP contribution in [0.4, 0.5) is 0 Å².